The summed E-state index contributed by atoms with van der Waals surface area (Å²) in [6.07, 6.45) is 0. The smallest absolute Gasteiger partial charge is 0.304 e. The molecular formula is C16H13NO4. The van der Waals surface area contributed by atoms with E-state index in [2.05, 4.69) is 0 Å². The first-order valence-corrected chi connectivity index (χ1v) is 6.36. The maximum absolute atomic E-state index is 12.3. The van der Waals surface area contributed by atoms with Crippen LogP contribution in [0.15, 0.2) is 42.5 Å². The minimum Gasteiger partial charge on any atom is -0.497 e. The molecule has 0 atom stereocenters. The molecule has 1 aliphatic heterocycles. The molecule has 2 aromatic carbocycles. The number of methoxy groups -OCH3 is 2. The third-order valence-corrected chi connectivity index (χ3v) is 3.40. The van der Waals surface area contributed by atoms with Crippen LogP contribution >= 0.6 is 0 Å². The van der Waals surface area contributed by atoms with Crippen LogP contribution in [0, 0.1) is 0 Å². The van der Waals surface area contributed by atoms with Gasteiger partial charge in [0.15, 0.2) is 0 Å². The van der Waals surface area contributed by atoms with E-state index in [0.29, 0.717) is 28.4 Å². The summed E-state index contributed by atoms with van der Waals surface area (Å²) in [5.41, 5.74) is 1.49. The molecule has 0 aromatic heterocycles. The average Bonchev–Trinajstić information content (AvgIpc) is 2.78. The van der Waals surface area contributed by atoms with Crippen LogP contribution in [0.1, 0.15) is 10.4 Å². The van der Waals surface area contributed by atoms with Crippen molar-refractivity contribution in [3.05, 3.63) is 48.0 Å². The molecule has 106 valence electrons. The van der Waals surface area contributed by atoms with Gasteiger partial charge < -0.3 is 9.47 Å². The number of carbonyl (C=O) groups is 2. The standard InChI is InChI=1S/C16H13NO4/c1-20-11-5-3-4-10(8-11)17-14-9-12(21-2)6-7-13(14)15(18)16(17)19/h3-9H,1-2H3. The van der Waals surface area contributed by atoms with Gasteiger partial charge >= 0.3 is 5.91 Å². The van der Waals surface area contributed by atoms with E-state index in [1.54, 1.807) is 49.6 Å². The fourth-order valence-electron chi connectivity index (χ4n) is 2.35. The SMILES string of the molecule is COc1cccc(N2C(=O)C(=O)c3ccc(OC)cc32)c1. The summed E-state index contributed by atoms with van der Waals surface area (Å²) >= 11 is 0. The van der Waals surface area contributed by atoms with Crippen LogP contribution < -0.4 is 14.4 Å². The van der Waals surface area contributed by atoms with Crippen LogP contribution in [-0.4, -0.2) is 25.9 Å². The molecule has 0 saturated carbocycles. The molecule has 21 heavy (non-hydrogen) atoms. The molecule has 0 aliphatic carbocycles. The van der Waals surface area contributed by atoms with Crippen molar-refractivity contribution in [3.8, 4) is 11.5 Å². The first-order chi connectivity index (χ1) is 10.2. The lowest BCUT2D eigenvalue weighted by molar-refractivity contribution is -0.113. The number of carbonyl (C=O) groups excluding carboxylic acids is 2. The van der Waals surface area contributed by atoms with Crippen molar-refractivity contribution in [1.82, 2.24) is 0 Å². The Morgan fingerprint density at radius 1 is 0.905 bits per heavy atom. The Balaban J connectivity index is 2.15. The normalized spacial score (nSPS) is 13.3. The van der Waals surface area contributed by atoms with Crippen molar-refractivity contribution in [1.29, 1.82) is 0 Å². The van der Waals surface area contributed by atoms with E-state index < -0.39 is 11.7 Å². The number of benzene rings is 2. The number of hydrogen-bond acceptors (Lipinski definition) is 4. The highest BCUT2D eigenvalue weighted by atomic mass is 16.5. The van der Waals surface area contributed by atoms with Gasteiger partial charge in [-0.05, 0) is 24.3 Å². The molecule has 0 radical (unpaired) electrons. The number of nitrogens with zero attached hydrogens (tertiary/aromatic N) is 1. The molecule has 0 spiro atoms. The number of amides is 1. The minimum atomic E-state index is -0.577. The summed E-state index contributed by atoms with van der Waals surface area (Å²) in [5, 5.41) is 0. The summed E-state index contributed by atoms with van der Waals surface area (Å²) in [6, 6.07) is 12.0. The Bertz CT molecular complexity index is 739. The molecule has 1 amide bonds. The fraction of sp³-hybridized carbons (Fsp3) is 0.125. The Morgan fingerprint density at radius 3 is 2.33 bits per heavy atom. The van der Waals surface area contributed by atoms with Crippen LogP contribution in [0.5, 0.6) is 11.5 Å². The van der Waals surface area contributed by atoms with Crippen LogP contribution in [0.2, 0.25) is 0 Å². The van der Waals surface area contributed by atoms with E-state index in [1.165, 1.54) is 12.0 Å². The Labute approximate surface area is 121 Å². The summed E-state index contributed by atoms with van der Waals surface area (Å²) in [4.78, 5) is 25.7. The summed E-state index contributed by atoms with van der Waals surface area (Å²) < 4.78 is 10.3. The van der Waals surface area contributed by atoms with Crippen LogP contribution in [0.3, 0.4) is 0 Å². The van der Waals surface area contributed by atoms with Gasteiger partial charge in [-0.2, -0.15) is 0 Å². The van der Waals surface area contributed by atoms with Crippen molar-refractivity contribution in [2.24, 2.45) is 0 Å². The quantitative estimate of drug-likeness (QED) is 0.812. The van der Waals surface area contributed by atoms with Gasteiger partial charge in [-0.15, -0.1) is 0 Å². The summed E-state index contributed by atoms with van der Waals surface area (Å²) in [7, 11) is 3.09. The zero-order valence-electron chi connectivity index (χ0n) is 11.6. The van der Waals surface area contributed by atoms with Gasteiger partial charge in [0, 0.05) is 12.1 Å². The molecule has 0 unspecified atom stereocenters. The lowest BCUT2D eigenvalue weighted by atomic mass is 10.1. The van der Waals surface area contributed by atoms with E-state index in [-0.39, 0.29) is 0 Å². The Hall–Kier alpha value is -2.82. The maximum atomic E-state index is 12.3. The number of ether oxygens (including phenoxy) is 2. The minimum absolute atomic E-state index is 0.378. The van der Waals surface area contributed by atoms with Gasteiger partial charge in [0.05, 0.1) is 31.2 Å². The van der Waals surface area contributed by atoms with Gasteiger partial charge in [-0.1, -0.05) is 6.07 Å². The van der Waals surface area contributed by atoms with E-state index in [1.807, 2.05) is 0 Å². The third-order valence-electron chi connectivity index (χ3n) is 3.40. The zero-order valence-corrected chi connectivity index (χ0v) is 11.6. The van der Waals surface area contributed by atoms with Gasteiger partial charge in [-0.25, -0.2) is 0 Å². The average molecular weight is 283 g/mol. The molecule has 0 saturated heterocycles. The predicted molar refractivity (Wildman–Crippen MR) is 77.5 cm³/mol. The first-order valence-electron chi connectivity index (χ1n) is 6.36. The largest absolute Gasteiger partial charge is 0.497 e. The Kier molecular flexibility index (Phi) is 3.10. The number of hydrogen-bond donors (Lipinski definition) is 0. The van der Waals surface area contributed by atoms with Gasteiger partial charge in [0.25, 0.3) is 5.78 Å². The van der Waals surface area contributed by atoms with Crippen LogP contribution in [0.25, 0.3) is 0 Å². The third kappa shape index (κ3) is 2.03. The first kappa shape index (κ1) is 13.2. The van der Waals surface area contributed by atoms with Crippen molar-refractivity contribution >= 4 is 23.1 Å². The van der Waals surface area contributed by atoms with Gasteiger partial charge in [0.2, 0.25) is 0 Å². The lowest BCUT2D eigenvalue weighted by Gasteiger charge is -2.17. The number of rotatable bonds is 3. The second-order valence-electron chi connectivity index (χ2n) is 4.55. The van der Waals surface area contributed by atoms with Crippen molar-refractivity contribution in [2.75, 3.05) is 19.1 Å². The molecule has 5 heteroatoms. The highest BCUT2D eigenvalue weighted by Gasteiger charge is 2.37. The maximum Gasteiger partial charge on any atom is 0.304 e. The molecular weight excluding hydrogens is 270 g/mol. The molecule has 0 fully saturated rings. The number of anilines is 2. The molecule has 1 aliphatic rings. The number of fused-ring (bicyclic) bond motifs is 1. The summed E-state index contributed by atoms with van der Waals surface area (Å²) in [5.74, 6) is 0.107. The van der Waals surface area contributed by atoms with Crippen LogP contribution in [-0.2, 0) is 4.79 Å². The summed E-state index contributed by atoms with van der Waals surface area (Å²) in [6.45, 7) is 0. The van der Waals surface area contributed by atoms with E-state index >= 15 is 0 Å². The molecule has 0 bridgehead atoms. The molecule has 5 nitrogen and oxygen atoms in total. The highest BCUT2D eigenvalue weighted by Crippen LogP contribution is 2.38. The highest BCUT2D eigenvalue weighted by molar-refractivity contribution is 6.53. The van der Waals surface area contributed by atoms with Crippen molar-refractivity contribution in [2.45, 2.75) is 0 Å². The Morgan fingerprint density at radius 2 is 1.62 bits per heavy atom. The lowest BCUT2D eigenvalue weighted by Crippen LogP contribution is -2.24. The van der Waals surface area contributed by atoms with Crippen LogP contribution in [0.4, 0.5) is 11.4 Å². The van der Waals surface area contributed by atoms with E-state index in [0.717, 1.165) is 0 Å². The molecule has 1 heterocycles. The molecule has 0 N–H and O–H groups in total. The molecule has 2 aromatic rings. The zero-order chi connectivity index (χ0) is 15.0. The number of Topliss-reactive ketones (excluding diaryl/α,β-unsaturated/α-hetero) is 1. The van der Waals surface area contributed by atoms with Crippen molar-refractivity contribution in [3.63, 3.8) is 0 Å². The number of ketones is 1. The van der Waals surface area contributed by atoms with Gasteiger partial charge in [-0.3, -0.25) is 14.5 Å². The van der Waals surface area contributed by atoms with Gasteiger partial charge in [0.1, 0.15) is 11.5 Å². The second kappa shape index (κ2) is 4.94. The fourth-order valence-corrected chi connectivity index (χ4v) is 2.35. The monoisotopic (exact) mass is 283 g/mol. The predicted octanol–water partition coefficient (Wildman–Crippen LogP) is 2.56. The van der Waals surface area contributed by atoms with E-state index in [9.17, 15) is 9.59 Å². The van der Waals surface area contributed by atoms with E-state index in [4.69, 9.17) is 9.47 Å². The van der Waals surface area contributed by atoms with Crippen molar-refractivity contribution < 1.29 is 19.1 Å². The topological polar surface area (TPSA) is 55.8 Å². The molecule has 3 rings (SSSR count). The second-order valence-corrected chi connectivity index (χ2v) is 4.55.